The minimum atomic E-state index is 0.967. The Balaban J connectivity index is 1.15. The van der Waals surface area contributed by atoms with Gasteiger partial charge in [0.05, 0.1) is 22.7 Å². The van der Waals surface area contributed by atoms with E-state index in [1.54, 1.807) is 6.33 Å². The quantitative estimate of drug-likeness (QED) is 0.190. The summed E-state index contributed by atoms with van der Waals surface area (Å²) in [5.74, 6) is 0. The second kappa shape index (κ2) is 10.8. The maximum Gasteiger partial charge on any atom is 0.116 e. The third-order valence-electron chi connectivity index (χ3n) is 10.7. The van der Waals surface area contributed by atoms with Crippen LogP contribution in [0.25, 0.3) is 105 Å². The van der Waals surface area contributed by atoms with Crippen LogP contribution in [0.5, 0.6) is 0 Å². The summed E-state index contributed by atoms with van der Waals surface area (Å²) in [5.41, 5.74) is 16.9. The molecule has 51 heavy (non-hydrogen) atoms. The minimum Gasteiger partial charge on any atom is -0.306 e. The fraction of sp³-hybridized carbons (Fsp3) is 0. The maximum atomic E-state index is 4.63. The van der Waals surface area contributed by atoms with Crippen molar-refractivity contribution in [1.82, 2.24) is 14.5 Å². The third-order valence-corrected chi connectivity index (χ3v) is 10.7. The molecule has 0 fully saturated rings. The van der Waals surface area contributed by atoms with Crippen molar-refractivity contribution in [3.63, 3.8) is 0 Å². The van der Waals surface area contributed by atoms with E-state index in [9.17, 15) is 0 Å². The molecular formula is C48H29N3. The van der Waals surface area contributed by atoms with Crippen molar-refractivity contribution in [3.8, 4) is 61.3 Å². The number of hydrogen-bond donors (Lipinski definition) is 0. The molecule has 0 unspecified atom stereocenters. The van der Waals surface area contributed by atoms with Crippen LogP contribution in [-0.2, 0) is 0 Å². The fourth-order valence-corrected chi connectivity index (χ4v) is 8.62. The minimum absolute atomic E-state index is 0.967. The summed E-state index contributed by atoms with van der Waals surface area (Å²) in [4.78, 5) is 9.00. The van der Waals surface area contributed by atoms with Gasteiger partial charge in [-0.25, -0.2) is 9.97 Å². The number of hydrogen-bond acceptors (Lipinski definition) is 2. The number of fused-ring (bicyclic) bond motifs is 7. The summed E-state index contributed by atoms with van der Waals surface area (Å²) >= 11 is 0. The molecule has 2 heterocycles. The molecule has 0 radical (unpaired) electrons. The summed E-state index contributed by atoms with van der Waals surface area (Å²) in [6.45, 7) is 0. The molecule has 0 saturated carbocycles. The van der Waals surface area contributed by atoms with Crippen molar-refractivity contribution in [2.24, 2.45) is 0 Å². The van der Waals surface area contributed by atoms with E-state index in [0.717, 1.165) is 27.6 Å². The number of benzene rings is 8. The molecule has 0 spiro atoms. The van der Waals surface area contributed by atoms with E-state index in [1.807, 2.05) is 6.20 Å². The summed E-state index contributed by atoms with van der Waals surface area (Å²) in [5, 5.41) is 6.26. The summed E-state index contributed by atoms with van der Waals surface area (Å²) in [6.07, 6.45) is 3.54. The molecule has 1 aliphatic rings. The lowest BCUT2D eigenvalue weighted by atomic mass is 9.82. The molecular weight excluding hydrogens is 619 g/mol. The molecule has 3 heteroatoms. The van der Waals surface area contributed by atoms with Crippen LogP contribution in [-0.4, -0.2) is 14.5 Å². The lowest BCUT2D eigenvalue weighted by Crippen LogP contribution is -1.94. The van der Waals surface area contributed by atoms with E-state index in [1.165, 1.54) is 77.2 Å². The Hall–Kier alpha value is -6.84. The molecule has 0 amide bonds. The van der Waals surface area contributed by atoms with E-state index in [2.05, 4.69) is 178 Å². The monoisotopic (exact) mass is 647 g/mol. The van der Waals surface area contributed by atoms with Crippen LogP contribution in [0.3, 0.4) is 0 Å². The normalized spacial score (nSPS) is 11.9. The molecule has 0 N–H and O–H groups in total. The summed E-state index contributed by atoms with van der Waals surface area (Å²) < 4.78 is 2.26. The van der Waals surface area contributed by atoms with E-state index in [4.69, 9.17) is 0 Å². The van der Waals surface area contributed by atoms with Crippen molar-refractivity contribution in [3.05, 3.63) is 176 Å². The molecule has 1 aliphatic carbocycles. The van der Waals surface area contributed by atoms with Crippen LogP contribution in [0.1, 0.15) is 0 Å². The van der Waals surface area contributed by atoms with Crippen LogP contribution in [0.2, 0.25) is 0 Å². The highest BCUT2D eigenvalue weighted by molar-refractivity contribution is 6.28. The van der Waals surface area contributed by atoms with Crippen LogP contribution in [0.4, 0.5) is 0 Å². The Morgan fingerprint density at radius 1 is 0.373 bits per heavy atom. The molecule has 236 valence electrons. The highest BCUT2D eigenvalue weighted by Gasteiger charge is 2.31. The van der Waals surface area contributed by atoms with Gasteiger partial charge in [-0.2, -0.15) is 0 Å². The Labute approximate surface area is 294 Å². The topological polar surface area (TPSA) is 30.7 Å². The van der Waals surface area contributed by atoms with Gasteiger partial charge in [0.25, 0.3) is 0 Å². The lowest BCUT2D eigenvalue weighted by molar-refractivity contribution is 1.14. The number of rotatable bonds is 4. The van der Waals surface area contributed by atoms with Gasteiger partial charge in [-0.05, 0) is 95.4 Å². The first-order valence-corrected chi connectivity index (χ1v) is 17.4. The van der Waals surface area contributed by atoms with Crippen molar-refractivity contribution < 1.29 is 0 Å². The Morgan fingerprint density at radius 2 is 0.941 bits per heavy atom. The van der Waals surface area contributed by atoms with Crippen LogP contribution in [0.15, 0.2) is 176 Å². The Morgan fingerprint density at radius 3 is 1.63 bits per heavy atom. The highest BCUT2D eigenvalue weighted by atomic mass is 15.0. The number of aromatic nitrogens is 3. The Kier molecular flexibility index (Phi) is 5.96. The maximum absolute atomic E-state index is 4.63. The van der Waals surface area contributed by atoms with E-state index in [-0.39, 0.29) is 0 Å². The summed E-state index contributed by atoms with van der Waals surface area (Å²) in [7, 11) is 0. The Bertz CT molecular complexity index is 2850. The largest absolute Gasteiger partial charge is 0.306 e. The first-order chi connectivity index (χ1) is 25.3. The predicted octanol–water partition coefficient (Wildman–Crippen LogP) is 12.5. The molecule has 0 saturated heterocycles. The SMILES string of the molecule is c1ccc(-c2c3c(c(-c4ccccc4)c4ccccc24)-c2ccc(-c4ccc(-n5c6ccccc6c6ncncc65)cc4)c4cccc-3c24)cc1. The zero-order chi connectivity index (χ0) is 33.5. The summed E-state index contributed by atoms with van der Waals surface area (Å²) in [6, 6.07) is 59.7. The van der Waals surface area contributed by atoms with Gasteiger partial charge in [0.1, 0.15) is 6.33 Å². The molecule has 10 aromatic rings. The van der Waals surface area contributed by atoms with E-state index < -0.39 is 0 Å². The van der Waals surface area contributed by atoms with E-state index in [0.29, 0.717) is 0 Å². The molecule has 0 atom stereocenters. The average molecular weight is 648 g/mol. The van der Waals surface area contributed by atoms with Gasteiger partial charge in [0.15, 0.2) is 0 Å². The fourth-order valence-electron chi connectivity index (χ4n) is 8.62. The second-order valence-corrected chi connectivity index (χ2v) is 13.3. The zero-order valence-corrected chi connectivity index (χ0v) is 27.6. The molecule has 3 nitrogen and oxygen atoms in total. The zero-order valence-electron chi connectivity index (χ0n) is 27.6. The standard InChI is InChI=1S/C48H29N3/c1-3-12-31(13-4-1)43-36-16-7-8-17-37(36)44(32-14-5-2-6-15-32)47-40-27-26-34(35-19-11-20-39(45(35)40)46(43)47)30-22-24-33(25-23-30)51-41-21-10-9-18-38(41)48-42(51)28-49-29-50-48/h1-29H. The highest BCUT2D eigenvalue weighted by Crippen LogP contribution is 2.58. The second-order valence-electron chi connectivity index (χ2n) is 13.3. The molecule has 11 rings (SSSR count). The third kappa shape index (κ3) is 4.00. The van der Waals surface area contributed by atoms with E-state index >= 15 is 0 Å². The van der Waals surface area contributed by atoms with Gasteiger partial charge in [-0.15, -0.1) is 0 Å². The van der Waals surface area contributed by atoms with Gasteiger partial charge >= 0.3 is 0 Å². The van der Waals surface area contributed by atoms with Gasteiger partial charge in [-0.3, -0.25) is 0 Å². The molecule has 2 aromatic heterocycles. The van der Waals surface area contributed by atoms with Crippen LogP contribution < -0.4 is 0 Å². The van der Waals surface area contributed by atoms with Crippen molar-refractivity contribution >= 4 is 43.5 Å². The van der Waals surface area contributed by atoms with Gasteiger partial charge in [0.2, 0.25) is 0 Å². The van der Waals surface area contributed by atoms with Crippen molar-refractivity contribution in [2.45, 2.75) is 0 Å². The predicted molar refractivity (Wildman–Crippen MR) is 212 cm³/mol. The first-order valence-electron chi connectivity index (χ1n) is 17.4. The van der Waals surface area contributed by atoms with Crippen molar-refractivity contribution in [2.75, 3.05) is 0 Å². The number of para-hydroxylation sites is 1. The van der Waals surface area contributed by atoms with Gasteiger partial charge in [0, 0.05) is 11.1 Å². The average Bonchev–Trinajstić information content (AvgIpc) is 3.72. The lowest BCUT2D eigenvalue weighted by Gasteiger charge is -2.20. The number of nitrogens with zero attached hydrogens (tertiary/aromatic N) is 3. The van der Waals surface area contributed by atoms with Gasteiger partial charge in [-0.1, -0.05) is 146 Å². The molecule has 8 aromatic carbocycles. The van der Waals surface area contributed by atoms with Crippen LogP contribution >= 0.6 is 0 Å². The van der Waals surface area contributed by atoms with Crippen molar-refractivity contribution in [1.29, 1.82) is 0 Å². The molecule has 0 bridgehead atoms. The first kappa shape index (κ1) is 28.0. The van der Waals surface area contributed by atoms with Crippen LogP contribution in [0, 0.1) is 0 Å². The smallest absolute Gasteiger partial charge is 0.116 e. The molecule has 0 aliphatic heterocycles. The van der Waals surface area contributed by atoms with Gasteiger partial charge < -0.3 is 4.57 Å².